The predicted octanol–water partition coefficient (Wildman–Crippen LogP) is 0.836. The molecule has 1 saturated heterocycles. The molecule has 0 bridgehead atoms. The summed E-state index contributed by atoms with van der Waals surface area (Å²) >= 11 is 0. The molecule has 6 heteroatoms. The maximum atomic E-state index is 12.1. The molecule has 1 atom stereocenters. The lowest BCUT2D eigenvalue weighted by atomic mass is 10.2. The molecule has 0 aromatic carbocycles. The molecule has 94 valence electrons. The van der Waals surface area contributed by atoms with Gasteiger partial charge in [-0.2, -0.15) is 5.10 Å². The number of carbonyl (C=O) groups is 1. The van der Waals surface area contributed by atoms with Crippen LogP contribution in [-0.4, -0.2) is 51.8 Å². The summed E-state index contributed by atoms with van der Waals surface area (Å²) in [4.78, 5) is 17.8. The monoisotopic (exact) mass is 238 g/mol. The largest absolute Gasteiger partial charge is 0.376 e. The Bertz CT molecular complexity index is 346. The van der Waals surface area contributed by atoms with Crippen molar-refractivity contribution in [1.82, 2.24) is 20.1 Å². The lowest BCUT2D eigenvalue weighted by Crippen LogP contribution is -2.38. The molecule has 0 unspecified atom stereocenters. The van der Waals surface area contributed by atoms with Crippen LogP contribution in [0.25, 0.3) is 0 Å². The van der Waals surface area contributed by atoms with Crippen molar-refractivity contribution >= 4 is 5.91 Å². The summed E-state index contributed by atoms with van der Waals surface area (Å²) in [7, 11) is 0. The van der Waals surface area contributed by atoms with E-state index >= 15 is 0 Å². The standard InChI is InChI=1S/C11H18N4O2/c1-2-5-15(7-9-4-3-6-17-9)11(16)10-12-8-13-14-10/h8-9H,2-7H2,1H3,(H,12,13,14)/t9-/m1/s1. The predicted molar refractivity (Wildman–Crippen MR) is 61.6 cm³/mol. The molecule has 1 aliphatic rings. The number of hydrogen-bond acceptors (Lipinski definition) is 4. The number of rotatable bonds is 5. The van der Waals surface area contributed by atoms with Crippen molar-refractivity contribution in [2.45, 2.75) is 32.3 Å². The fourth-order valence-electron chi connectivity index (χ4n) is 2.04. The first-order chi connectivity index (χ1) is 8.31. The summed E-state index contributed by atoms with van der Waals surface area (Å²) in [5.74, 6) is 0.205. The number of aromatic nitrogens is 3. The molecule has 1 aromatic heterocycles. The van der Waals surface area contributed by atoms with E-state index in [4.69, 9.17) is 4.74 Å². The highest BCUT2D eigenvalue weighted by molar-refractivity contribution is 5.90. The summed E-state index contributed by atoms with van der Waals surface area (Å²) in [6.07, 6.45) is 4.56. The van der Waals surface area contributed by atoms with Gasteiger partial charge in [-0.25, -0.2) is 4.98 Å². The Balaban J connectivity index is 1.98. The van der Waals surface area contributed by atoms with Gasteiger partial charge >= 0.3 is 0 Å². The quantitative estimate of drug-likeness (QED) is 0.825. The van der Waals surface area contributed by atoms with Gasteiger partial charge in [-0.1, -0.05) is 6.92 Å². The molecule has 2 heterocycles. The number of carbonyl (C=O) groups excluding carboxylic acids is 1. The van der Waals surface area contributed by atoms with Crippen LogP contribution in [0.5, 0.6) is 0 Å². The fourth-order valence-corrected chi connectivity index (χ4v) is 2.04. The number of H-pyrrole nitrogens is 1. The molecule has 1 aliphatic heterocycles. The zero-order chi connectivity index (χ0) is 12.1. The van der Waals surface area contributed by atoms with Gasteiger partial charge in [-0.3, -0.25) is 9.89 Å². The van der Waals surface area contributed by atoms with Crippen LogP contribution in [0.2, 0.25) is 0 Å². The molecule has 1 N–H and O–H groups in total. The summed E-state index contributed by atoms with van der Waals surface area (Å²) in [6, 6.07) is 0. The van der Waals surface area contributed by atoms with Gasteiger partial charge in [0, 0.05) is 19.7 Å². The van der Waals surface area contributed by atoms with Crippen LogP contribution in [-0.2, 0) is 4.74 Å². The average molecular weight is 238 g/mol. The van der Waals surface area contributed by atoms with E-state index in [1.54, 1.807) is 4.90 Å². The van der Waals surface area contributed by atoms with Crippen LogP contribution in [0.1, 0.15) is 36.8 Å². The van der Waals surface area contributed by atoms with E-state index < -0.39 is 0 Å². The summed E-state index contributed by atoms with van der Waals surface area (Å²) in [5, 5.41) is 6.31. The molecule has 1 aromatic rings. The van der Waals surface area contributed by atoms with Crippen molar-refractivity contribution in [3.05, 3.63) is 12.2 Å². The van der Waals surface area contributed by atoms with Crippen LogP contribution in [0.4, 0.5) is 0 Å². The number of ether oxygens (including phenoxy) is 1. The van der Waals surface area contributed by atoms with E-state index in [1.165, 1.54) is 6.33 Å². The Morgan fingerprint density at radius 3 is 3.18 bits per heavy atom. The van der Waals surface area contributed by atoms with E-state index in [0.29, 0.717) is 12.4 Å². The van der Waals surface area contributed by atoms with E-state index in [-0.39, 0.29) is 12.0 Å². The maximum Gasteiger partial charge on any atom is 0.291 e. The van der Waals surface area contributed by atoms with Crippen LogP contribution >= 0.6 is 0 Å². The summed E-state index contributed by atoms with van der Waals surface area (Å²) < 4.78 is 5.56. The third-order valence-electron chi connectivity index (χ3n) is 2.85. The average Bonchev–Trinajstić information content (AvgIpc) is 3.00. The SMILES string of the molecule is CCCN(C[C@H]1CCCO1)C(=O)c1ncn[nH]1. The molecule has 6 nitrogen and oxygen atoms in total. The van der Waals surface area contributed by atoms with Gasteiger partial charge in [0.2, 0.25) is 5.82 Å². The summed E-state index contributed by atoms with van der Waals surface area (Å²) in [5.41, 5.74) is 0. The Kier molecular flexibility index (Phi) is 4.08. The van der Waals surface area contributed by atoms with Crippen molar-refractivity contribution in [1.29, 1.82) is 0 Å². The lowest BCUT2D eigenvalue weighted by Gasteiger charge is -2.23. The van der Waals surface area contributed by atoms with Gasteiger partial charge in [0.15, 0.2) is 0 Å². The second-order valence-corrected chi connectivity index (χ2v) is 4.22. The number of nitrogens with one attached hydrogen (secondary N) is 1. The van der Waals surface area contributed by atoms with Gasteiger partial charge in [0.25, 0.3) is 5.91 Å². The first-order valence-corrected chi connectivity index (χ1v) is 6.07. The highest BCUT2D eigenvalue weighted by Gasteiger charge is 2.24. The molecule has 17 heavy (non-hydrogen) atoms. The van der Waals surface area contributed by atoms with Gasteiger partial charge in [-0.05, 0) is 19.3 Å². The van der Waals surface area contributed by atoms with Crippen molar-refractivity contribution in [3.63, 3.8) is 0 Å². The van der Waals surface area contributed by atoms with Crippen molar-refractivity contribution in [2.24, 2.45) is 0 Å². The Morgan fingerprint density at radius 1 is 1.71 bits per heavy atom. The zero-order valence-electron chi connectivity index (χ0n) is 10.1. The molecule has 0 aliphatic carbocycles. The van der Waals surface area contributed by atoms with Gasteiger partial charge in [0.1, 0.15) is 6.33 Å². The molecular formula is C11H18N4O2. The second kappa shape index (κ2) is 5.77. The molecule has 0 radical (unpaired) electrons. The highest BCUT2D eigenvalue weighted by Crippen LogP contribution is 2.14. The normalized spacial score (nSPS) is 19.5. The van der Waals surface area contributed by atoms with Crippen LogP contribution < -0.4 is 0 Å². The smallest absolute Gasteiger partial charge is 0.291 e. The van der Waals surface area contributed by atoms with Crippen molar-refractivity contribution in [2.75, 3.05) is 19.7 Å². The van der Waals surface area contributed by atoms with E-state index in [1.807, 2.05) is 0 Å². The van der Waals surface area contributed by atoms with Crippen LogP contribution in [0.15, 0.2) is 6.33 Å². The molecule has 0 spiro atoms. The van der Waals surface area contributed by atoms with Crippen LogP contribution in [0.3, 0.4) is 0 Å². The van der Waals surface area contributed by atoms with Gasteiger partial charge in [-0.15, -0.1) is 0 Å². The lowest BCUT2D eigenvalue weighted by molar-refractivity contribution is 0.0517. The maximum absolute atomic E-state index is 12.1. The van der Waals surface area contributed by atoms with E-state index in [9.17, 15) is 4.79 Å². The zero-order valence-corrected chi connectivity index (χ0v) is 10.1. The summed E-state index contributed by atoms with van der Waals surface area (Å²) in [6.45, 7) is 4.23. The molecule has 0 saturated carbocycles. The Hall–Kier alpha value is -1.43. The molecular weight excluding hydrogens is 220 g/mol. The van der Waals surface area contributed by atoms with Gasteiger partial charge in [0.05, 0.1) is 6.10 Å². The molecule has 1 amide bonds. The third kappa shape index (κ3) is 3.03. The number of hydrogen-bond donors (Lipinski definition) is 1. The van der Waals surface area contributed by atoms with Gasteiger partial charge < -0.3 is 9.64 Å². The molecule has 2 rings (SSSR count). The molecule has 1 fully saturated rings. The van der Waals surface area contributed by atoms with E-state index in [2.05, 4.69) is 22.1 Å². The minimum Gasteiger partial charge on any atom is -0.376 e. The van der Waals surface area contributed by atoms with Crippen LogP contribution in [0, 0.1) is 0 Å². The first kappa shape index (κ1) is 12.0. The first-order valence-electron chi connectivity index (χ1n) is 6.07. The fraction of sp³-hybridized carbons (Fsp3) is 0.727. The highest BCUT2D eigenvalue weighted by atomic mass is 16.5. The minimum atomic E-state index is -0.0974. The van der Waals surface area contributed by atoms with Crippen molar-refractivity contribution < 1.29 is 9.53 Å². The van der Waals surface area contributed by atoms with E-state index in [0.717, 1.165) is 32.4 Å². The second-order valence-electron chi connectivity index (χ2n) is 4.22. The third-order valence-corrected chi connectivity index (χ3v) is 2.85. The number of amides is 1. The Labute approximate surface area is 100 Å². The topological polar surface area (TPSA) is 71.1 Å². The van der Waals surface area contributed by atoms with Crippen molar-refractivity contribution in [3.8, 4) is 0 Å². The Morgan fingerprint density at radius 2 is 2.59 bits per heavy atom. The number of aromatic amines is 1. The minimum absolute atomic E-state index is 0.0974. The number of nitrogens with zero attached hydrogens (tertiary/aromatic N) is 3.